The number of amides is 2. The maximum Gasteiger partial charge on any atom is 0.352 e. The highest BCUT2D eigenvalue weighted by Crippen LogP contribution is 2.40. The lowest BCUT2D eigenvalue weighted by Crippen LogP contribution is -2.70. The molecule has 2 aliphatic rings. The largest absolute Gasteiger partial charge is 0.477 e. The lowest BCUT2D eigenvalue weighted by molar-refractivity contribution is -0.150. The van der Waals surface area contributed by atoms with Crippen molar-refractivity contribution in [3.8, 4) is 0 Å². The number of benzene rings is 1. The van der Waals surface area contributed by atoms with E-state index in [1.165, 1.54) is 16.7 Å². The van der Waals surface area contributed by atoms with Gasteiger partial charge in [-0.3, -0.25) is 14.5 Å². The fourth-order valence-electron chi connectivity index (χ4n) is 2.98. The molecule has 1 aromatic rings. The smallest absolute Gasteiger partial charge is 0.352 e. The first-order valence-corrected chi connectivity index (χ1v) is 8.95. The summed E-state index contributed by atoms with van der Waals surface area (Å²) in [4.78, 5) is 37.5. The molecule has 0 aromatic heterocycles. The van der Waals surface area contributed by atoms with Crippen LogP contribution in [-0.4, -0.2) is 45.0 Å². The van der Waals surface area contributed by atoms with Gasteiger partial charge in [0.2, 0.25) is 5.91 Å². The van der Waals surface area contributed by atoms with Crippen LogP contribution in [0.5, 0.6) is 0 Å². The SMILES string of the molecule is CC=CC1=C(C(=O)O)N2C(=O)C(NC(=O)Cc3ccccc3)[C@@H]2SC1. The number of carbonyl (C=O) groups is 3. The number of hydrogen-bond acceptors (Lipinski definition) is 4. The van der Waals surface area contributed by atoms with E-state index in [9.17, 15) is 19.5 Å². The van der Waals surface area contributed by atoms with Gasteiger partial charge in [-0.1, -0.05) is 42.5 Å². The molecular weight excluding hydrogens is 340 g/mol. The molecule has 25 heavy (non-hydrogen) atoms. The zero-order valence-corrected chi connectivity index (χ0v) is 14.5. The zero-order valence-electron chi connectivity index (χ0n) is 13.6. The Morgan fingerprint density at radius 1 is 1.36 bits per heavy atom. The number of fused-ring (bicyclic) bond motifs is 1. The highest BCUT2D eigenvalue weighted by molar-refractivity contribution is 8.00. The van der Waals surface area contributed by atoms with Crippen LogP contribution in [0.15, 0.2) is 53.8 Å². The highest BCUT2D eigenvalue weighted by atomic mass is 32.2. The molecule has 2 amide bonds. The third kappa shape index (κ3) is 3.32. The van der Waals surface area contributed by atoms with E-state index in [4.69, 9.17) is 0 Å². The summed E-state index contributed by atoms with van der Waals surface area (Å²) in [7, 11) is 0. The number of β-lactam (4-membered cyclic amide) rings is 1. The van der Waals surface area contributed by atoms with E-state index in [-0.39, 0.29) is 29.3 Å². The van der Waals surface area contributed by atoms with Gasteiger partial charge in [-0.25, -0.2) is 4.79 Å². The van der Waals surface area contributed by atoms with E-state index < -0.39 is 12.0 Å². The summed E-state index contributed by atoms with van der Waals surface area (Å²) in [5, 5.41) is 11.8. The van der Waals surface area contributed by atoms with Crippen molar-refractivity contribution in [3.63, 3.8) is 0 Å². The molecule has 1 saturated heterocycles. The molecule has 1 fully saturated rings. The number of carboxylic acids is 1. The molecule has 130 valence electrons. The fourth-order valence-corrected chi connectivity index (χ4v) is 4.30. The molecule has 6 nitrogen and oxygen atoms in total. The number of allylic oxidation sites excluding steroid dienone is 2. The predicted octanol–water partition coefficient (Wildman–Crippen LogP) is 1.54. The van der Waals surface area contributed by atoms with Gasteiger partial charge in [-0.15, -0.1) is 11.8 Å². The summed E-state index contributed by atoms with van der Waals surface area (Å²) < 4.78 is 0. The number of carboxylic acid groups (broad SMARTS) is 1. The van der Waals surface area contributed by atoms with E-state index in [0.717, 1.165) is 5.56 Å². The normalized spacial score (nSPS) is 22.6. The number of thioether (sulfide) groups is 1. The topological polar surface area (TPSA) is 86.7 Å². The maximum atomic E-state index is 12.4. The van der Waals surface area contributed by atoms with Gasteiger partial charge >= 0.3 is 5.97 Å². The van der Waals surface area contributed by atoms with Gasteiger partial charge in [-0.05, 0) is 18.1 Å². The Labute approximate surface area is 149 Å². The first-order valence-electron chi connectivity index (χ1n) is 7.90. The fraction of sp³-hybridized carbons (Fsp3) is 0.278. The molecule has 7 heteroatoms. The minimum Gasteiger partial charge on any atom is -0.477 e. The molecular formula is C18H18N2O4S. The van der Waals surface area contributed by atoms with Crippen LogP contribution in [0.1, 0.15) is 12.5 Å². The minimum atomic E-state index is -1.12. The Morgan fingerprint density at radius 2 is 2.08 bits per heavy atom. The second-order valence-electron chi connectivity index (χ2n) is 5.80. The summed E-state index contributed by atoms with van der Waals surface area (Å²) in [5.41, 5.74) is 1.49. The standard InChI is InChI=1S/C18H18N2O4S/c1-2-6-12-10-25-17-14(16(22)20(17)15(12)18(23)24)19-13(21)9-11-7-4-3-5-8-11/h2-8,14,17H,9-10H2,1H3,(H,19,21)(H,23,24)/t14?,17-/m0/s1. The number of nitrogens with zero attached hydrogens (tertiary/aromatic N) is 1. The van der Waals surface area contributed by atoms with Crippen LogP contribution in [0.4, 0.5) is 0 Å². The monoisotopic (exact) mass is 358 g/mol. The Bertz CT molecular complexity index is 773. The maximum absolute atomic E-state index is 12.4. The van der Waals surface area contributed by atoms with Gasteiger partial charge in [0.1, 0.15) is 17.1 Å². The lowest BCUT2D eigenvalue weighted by Gasteiger charge is -2.49. The van der Waals surface area contributed by atoms with Crippen LogP contribution in [-0.2, 0) is 20.8 Å². The molecule has 1 aromatic carbocycles. The first kappa shape index (κ1) is 17.3. The van der Waals surface area contributed by atoms with Crippen molar-refractivity contribution >= 4 is 29.5 Å². The van der Waals surface area contributed by atoms with Crippen molar-refractivity contribution in [1.82, 2.24) is 10.2 Å². The van der Waals surface area contributed by atoms with Crippen molar-refractivity contribution in [3.05, 3.63) is 59.3 Å². The zero-order chi connectivity index (χ0) is 18.0. The van der Waals surface area contributed by atoms with Gasteiger partial charge in [0.05, 0.1) is 6.42 Å². The number of rotatable bonds is 5. The Morgan fingerprint density at radius 3 is 2.72 bits per heavy atom. The first-order chi connectivity index (χ1) is 12.0. The number of hydrogen-bond donors (Lipinski definition) is 2. The molecule has 2 aliphatic heterocycles. The van der Waals surface area contributed by atoms with Crippen molar-refractivity contribution in [2.45, 2.75) is 24.8 Å². The van der Waals surface area contributed by atoms with Gasteiger partial charge in [0.25, 0.3) is 5.91 Å². The molecule has 1 unspecified atom stereocenters. The molecule has 2 atom stereocenters. The third-order valence-corrected chi connectivity index (χ3v) is 5.39. The van der Waals surface area contributed by atoms with Crippen molar-refractivity contribution < 1.29 is 19.5 Å². The van der Waals surface area contributed by atoms with Crippen molar-refractivity contribution in [2.24, 2.45) is 0 Å². The summed E-state index contributed by atoms with van der Waals surface area (Å²) >= 11 is 1.46. The van der Waals surface area contributed by atoms with E-state index in [0.29, 0.717) is 11.3 Å². The number of nitrogens with one attached hydrogen (secondary N) is 1. The predicted molar refractivity (Wildman–Crippen MR) is 94.6 cm³/mol. The molecule has 0 saturated carbocycles. The summed E-state index contributed by atoms with van der Waals surface area (Å²) in [6, 6.07) is 8.58. The third-order valence-electron chi connectivity index (χ3n) is 4.09. The Balaban J connectivity index is 1.71. The second kappa shape index (κ2) is 7.14. The van der Waals surface area contributed by atoms with Crippen LogP contribution in [0.3, 0.4) is 0 Å². The van der Waals surface area contributed by atoms with E-state index >= 15 is 0 Å². The number of aliphatic carboxylic acids is 1. The molecule has 2 N–H and O–H groups in total. The summed E-state index contributed by atoms with van der Waals surface area (Å²) in [5.74, 6) is -1.26. The quantitative estimate of drug-likeness (QED) is 0.780. The highest BCUT2D eigenvalue weighted by Gasteiger charge is 2.53. The van der Waals surface area contributed by atoms with Crippen LogP contribution < -0.4 is 5.32 Å². The van der Waals surface area contributed by atoms with E-state index in [1.807, 2.05) is 30.3 Å². The van der Waals surface area contributed by atoms with Crippen molar-refractivity contribution in [2.75, 3.05) is 5.75 Å². The summed E-state index contributed by atoms with van der Waals surface area (Å²) in [6.07, 6.45) is 3.65. The van der Waals surface area contributed by atoms with Crippen LogP contribution in [0.25, 0.3) is 0 Å². The molecule has 0 aliphatic carbocycles. The second-order valence-corrected chi connectivity index (χ2v) is 6.90. The van der Waals surface area contributed by atoms with Crippen LogP contribution in [0.2, 0.25) is 0 Å². The molecule has 2 heterocycles. The van der Waals surface area contributed by atoms with E-state index in [2.05, 4.69) is 5.32 Å². The Kier molecular flexibility index (Phi) is 4.94. The van der Waals surface area contributed by atoms with Gasteiger partial charge in [0.15, 0.2) is 0 Å². The average molecular weight is 358 g/mol. The molecule has 0 bridgehead atoms. The lowest BCUT2D eigenvalue weighted by atomic mass is 10.0. The Hall–Kier alpha value is -2.54. The van der Waals surface area contributed by atoms with Crippen LogP contribution in [0, 0.1) is 0 Å². The van der Waals surface area contributed by atoms with E-state index in [1.54, 1.807) is 19.1 Å². The van der Waals surface area contributed by atoms with Crippen LogP contribution >= 0.6 is 11.8 Å². The van der Waals surface area contributed by atoms with Crippen molar-refractivity contribution in [1.29, 1.82) is 0 Å². The van der Waals surface area contributed by atoms with Gasteiger partial charge in [0, 0.05) is 5.75 Å². The number of carbonyl (C=O) groups excluding carboxylic acids is 2. The van der Waals surface area contributed by atoms with Gasteiger partial charge < -0.3 is 10.4 Å². The minimum absolute atomic E-state index is 0.0143. The molecule has 0 radical (unpaired) electrons. The average Bonchev–Trinajstić information content (AvgIpc) is 2.60. The molecule has 3 rings (SSSR count). The molecule has 0 spiro atoms. The van der Waals surface area contributed by atoms with Gasteiger partial charge in [-0.2, -0.15) is 0 Å². The summed E-state index contributed by atoms with van der Waals surface area (Å²) in [6.45, 7) is 1.80.